The van der Waals surface area contributed by atoms with Crippen LogP contribution in [0.1, 0.15) is 5.56 Å². The van der Waals surface area contributed by atoms with Gasteiger partial charge in [-0.05, 0) is 54.4 Å². The van der Waals surface area contributed by atoms with Crippen LogP contribution in [0.15, 0.2) is 77.7 Å². The van der Waals surface area contributed by atoms with E-state index in [9.17, 15) is 8.42 Å². The predicted octanol–water partition coefficient (Wildman–Crippen LogP) is 4.47. The molecule has 5 heteroatoms. The highest BCUT2D eigenvalue weighted by Crippen LogP contribution is 2.26. The fourth-order valence-electron chi connectivity index (χ4n) is 2.46. The van der Waals surface area contributed by atoms with E-state index in [2.05, 4.69) is 4.72 Å². The van der Waals surface area contributed by atoms with Crippen molar-refractivity contribution in [1.29, 1.82) is 0 Å². The zero-order chi connectivity index (χ0) is 17.9. The minimum Gasteiger partial charge on any atom is -0.497 e. The van der Waals surface area contributed by atoms with Crippen LogP contribution >= 0.6 is 0 Å². The first-order chi connectivity index (χ1) is 12.0. The van der Waals surface area contributed by atoms with Crippen LogP contribution in [-0.4, -0.2) is 15.5 Å². The number of nitrogens with one attached hydrogen (secondary N) is 1. The van der Waals surface area contributed by atoms with Gasteiger partial charge in [0.1, 0.15) is 5.75 Å². The standard InChI is InChI=1S/C20H19NO3S/c1-15-6-12-20(13-7-15)25(22,23)21-18-10-8-16(9-11-18)17-4-3-5-19(14-17)24-2/h3-14,21H,1-2H3. The smallest absolute Gasteiger partial charge is 0.261 e. The molecule has 0 aromatic heterocycles. The highest BCUT2D eigenvalue weighted by atomic mass is 32.2. The van der Waals surface area contributed by atoms with Crippen molar-refractivity contribution in [3.63, 3.8) is 0 Å². The molecule has 0 aliphatic heterocycles. The van der Waals surface area contributed by atoms with E-state index in [4.69, 9.17) is 4.74 Å². The zero-order valence-corrected chi connectivity index (χ0v) is 14.9. The number of aryl methyl sites for hydroxylation is 1. The lowest BCUT2D eigenvalue weighted by atomic mass is 10.1. The molecular formula is C20H19NO3S. The molecule has 0 bridgehead atoms. The second kappa shape index (κ2) is 6.99. The van der Waals surface area contributed by atoms with Crippen LogP contribution in [0, 0.1) is 6.92 Å². The molecule has 0 saturated carbocycles. The van der Waals surface area contributed by atoms with Gasteiger partial charge in [-0.15, -0.1) is 0 Å². The third kappa shape index (κ3) is 4.00. The summed E-state index contributed by atoms with van der Waals surface area (Å²) in [5, 5.41) is 0. The number of anilines is 1. The van der Waals surface area contributed by atoms with Crippen LogP contribution in [0.2, 0.25) is 0 Å². The number of sulfonamides is 1. The fraction of sp³-hybridized carbons (Fsp3) is 0.100. The summed E-state index contributed by atoms with van der Waals surface area (Å²) < 4.78 is 32.7. The van der Waals surface area contributed by atoms with Gasteiger partial charge in [-0.25, -0.2) is 8.42 Å². The van der Waals surface area contributed by atoms with Crippen molar-refractivity contribution in [2.75, 3.05) is 11.8 Å². The van der Waals surface area contributed by atoms with Crippen molar-refractivity contribution in [3.05, 3.63) is 78.4 Å². The van der Waals surface area contributed by atoms with Gasteiger partial charge in [0, 0.05) is 5.69 Å². The fourth-order valence-corrected chi connectivity index (χ4v) is 3.52. The lowest BCUT2D eigenvalue weighted by molar-refractivity contribution is 0.415. The molecule has 0 aliphatic carbocycles. The van der Waals surface area contributed by atoms with Gasteiger partial charge in [0.2, 0.25) is 0 Å². The minimum absolute atomic E-state index is 0.245. The average molecular weight is 353 g/mol. The van der Waals surface area contributed by atoms with Gasteiger partial charge >= 0.3 is 0 Å². The van der Waals surface area contributed by atoms with Crippen LogP contribution in [0.25, 0.3) is 11.1 Å². The van der Waals surface area contributed by atoms with Crippen LogP contribution in [0.3, 0.4) is 0 Å². The van der Waals surface area contributed by atoms with E-state index < -0.39 is 10.0 Å². The summed E-state index contributed by atoms with van der Waals surface area (Å²) in [5.41, 5.74) is 3.53. The maximum atomic E-state index is 12.4. The summed E-state index contributed by atoms with van der Waals surface area (Å²) in [5.74, 6) is 0.779. The van der Waals surface area contributed by atoms with Crippen molar-refractivity contribution in [1.82, 2.24) is 0 Å². The molecule has 3 aromatic rings. The van der Waals surface area contributed by atoms with Gasteiger partial charge < -0.3 is 4.74 Å². The van der Waals surface area contributed by atoms with Crippen molar-refractivity contribution in [3.8, 4) is 16.9 Å². The Labute approximate surface area is 148 Å². The lowest BCUT2D eigenvalue weighted by Crippen LogP contribution is -2.12. The third-order valence-corrected chi connectivity index (χ3v) is 5.27. The predicted molar refractivity (Wildman–Crippen MR) is 100 cm³/mol. The summed E-state index contributed by atoms with van der Waals surface area (Å²) in [6.45, 7) is 1.92. The molecular weight excluding hydrogens is 334 g/mol. The van der Waals surface area contributed by atoms with Crippen LogP contribution in [0.4, 0.5) is 5.69 Å². The number of hydrogen-bond donors (Lipinski definition) is 1. The summed E-state index contributed by atoms with van der Waals surface area (Å²) in [6.07, 6.45) is 0. The van der Waals surface area contributed by atoms with Gasteiger partial charge in [0.15, 0.2) is 0 Å². The molecule has 0 spiro atoms. The third-order valence-electron chi connectivity index (χ3n) is 3.87. The monoisotopic (exact) mass is 353 g/mol. The highest BCUT2D eigenvalue weighted by Gasteiger charge is 2.13. The number of hydrogen-bond acceptors (Lipinski definition) is 3. The summed E-state index contributed by atoms with van der Waals surface area (Å²) >= 11 is 0. The first-order valence-electron chi connectivity index (χ1n) is 7.82. The van der Waals surface area contributed by atoms with Crippen LogP contribution in [0.5, 0.6) is 5.75 Å². The van der Waals surface area contributed by atoms with Gasteiger partial charge in [0.05, 0.1) is 12.0 Å². The Kier molecular flexibility index (Phi) is 4.76. The second-order valence-corrected chi connectivity index (χ2v) is 7.41. The maximum absolute atomic E-state index is 12.4. The summed E-state index contributed by atoms with van der Waals surface area (Å²) in [6, 6.07) is 21.7. The largest absolute Gasteiger partial charge is 0.497 e. The van der Waals surface area contributed by atoms with Crippen molar-refractivity contribution >= 4 is 15.7 Å². The first kappa shape index (κ1) is 17.0. The van der Waals surface area contributed by atoms with E-state index in [-0.39, 0.29) is 4.90 Å². The molecule has 0 atom stereocenters. The van der Waals surface area contributed by atoms with Crippen molar-refractivity contribution in [2.24, 2.45) is 0 Å². The number of methoxy groups -OCH3 is 1. The Morgan fingerprint density at radius 3 is 2.16 bits per heavy atom. The van der Waals surface area contributed by atoms with E-state index in [0.717, 1.165) is 22.4 Å². The Hall–Kier alpha value is -2.79. The van der Waals surface area contributed by atoms with E-state index in [1.807, 2.05) is 43.3 Å². The molecule has 3 rings (SSSR count). The molecule has 128 valence electrons. The van der Waals surface area contributed by atoms with Crippen molar-refractivity contribution in [2.45, 2.75) is 11.8 Å². The first-order valence-corrected chi connectivity index (χ1v) is 9.30. The maximum Gasteiger partial charge on any atom is 0.261 e. The number of benzene rings is 3. The SMILES string of the molecule is COc1cccc(-c2ccc(NS(=O)(=O)c3ccc(C)cc3)cc2)c1. The lowest BCUT2D eigenvalue weighted by Gasteiger charge is -2.10. The molecule has 0 saturated heterocycles. The minimum atomic E-state index is -3.59. The van der Waals surface area contributed by atoms with E-state index in [1.165, 1.54) is 0 Å². The summed E-state index contributed by atoms with van der Waals surface area (Å²) in [4.78, 5) is 0.245. The molecule has 0 fully saturated rings. The Morgan fingerprint density at radius 2 is 1.52 bits per heavy atom. The van der Waals surface area contributed by atoms with Crippen molar-refractivity contribution < 1.29 is 13.2 Å². The van der Waals surface area contributed by atoms with Gasteiger partial charge in [-0.2, -0.15) is 0 Å². The van der Waals surface area contributed by atoms with E-state index >= 15 is 0 Å². The van der Waals surface area contributed by atoms with Gasteiger partial charge in [-0.1, -0.05) is 42.0 Å². The van der Waals surface area contributed by atoms with E-state index in [1.54, 1.807) is 43.5 Å². The molecule has 3 aromatic carbocycles. The molecule has 1 N–H and O–H groups in total. The van der Waals surface area contributed by atoms with Crippen LogP contribution in [-0.2, 0) is 10.0 Å². The Bertz CT molecular complexity index is 963. The quantitative estimate of drug-likeness (QED) is 0.736. The second-order valence-electron chi connectivity index (χ2n) is 5.73. The number of ether oxygens (including phenoxy) is 1. The average Bonchev–Trinajstić information content (AvgIpc) is 2.62. The number of rotatable bonds is 5. The molecule has 25 heavy (non-hydrogen) atoms. The van der Waals surface area contributed by atoms with Crippen LogP contribution < -0.4 is 9.46 Å². The molecule has 0 radical (unpaired) electrons. The topological polar surface area (TPSA) is 55.4 Å². The molecule has 4 nitrogen and oxygen atoms in total. The van der Waals surface area contributed by atoms with Gasteiger partial charge in [0.25, 0.3) is 10.0 Å². The molecule has 0 heterocycles. The Morgan fingerprint density at radius 1 is 0.840 bits per heavy atom. The summed E-state index contributed by atoms with van der Waals surface area (Å²) in [7, 11) is -1.96. The molecule has 0 aliphatic rings. The normalized spacial score (nSPS) is 11.1. The molecule has 0 unspecified atom stereocenters. The van der Waals surface area contributed by atoms with Gasteiger partial charge in [-0.3, -0.25) is 4.72 Å². The Balaban J connectivity index is 1.81. The molecule has 0 amide bonds. The van der Waals surface area contributed by atoms with E-state index in [0.29, 0.717) is 5.69 Å². The highest BCUT2D eigenvalue weighted by molar-refractivity contribution is 7.92. The zero-order valence-electron chi connectivity index (χ0n) is 14.1.